The second kappa shape index (κ2) is 10.9. The van der Waals surface area contributed by atoms with Crippen LogP contribution in [0.1, 0.15) is 6.85 Å². The smallest absolute Gasteiger partial charge is 0.152 e. The summed E-state index contributed by atoms with van der Waals surface area (Å²) in [6.07, 6.45) is 0. The maximum Gasteiger partial charge on any atom is 0.152 e. The van der Waals surface area contributed by atoms with Crippen molar-refractivity contribution in [2.75, 3.05) is 4.90 Å². The molecule has 0 fully saturated rings. The molecule has 0 amide bonds. The summed E-state index contributed by atoms with van der Waals surface area (Å²) in [6.45, 7) is 0. The maximum absolute atomic E-state index is 14.7. The van der Waals surface area contributed by atoms with Gasteiger partial charge in [0.15, 0.2) is 11.5 Å². The van der Waals surface area contributed by atoms with Gasteiger partial charge in [0.2, 0.25) is 0 Å². The van der Waals surface area contributed by atoms with Gasteiger partial charge < -0.3 is 14.2 Å². The summed E-state index contributed by atoms with van der Waals surface area (Å²) in [5.41, 5.74) is 5.16. The molecule has 0 spiro atoms. The first-order chi connectivity index (χ1) is 25.6. The molecule has 48 heavy (non-hydrogen) atoms. The molecule has 1 aromatic heterocycles. The number of hydrogen-bond donors (Lipinski definition) is 0. The van der Waals surface area contributed by atoms with Crippen molar-refractivity contribution in [1.29, 1.82) is 0 Å². The van der Waals surface area contributed by atoms with Gasteiger partial charge in [-0.1, -0.05) is 78.8 Å². The third kappa shape index (κ3) is 4.37. The van der Waals surface area contributed by atoms with Crippen LogP contribution in [0.3, 0.4) is 0 Å². The molecule has 2 heterocycles. The van der Waals surface area contributed by atoms with Gasteiger partial charge >= 0.3 is 0 Å². The number of ether oxygens (including phenoxy) is 1. The van der Waals surface area contributed by atoms with E-state index in [9.17, 15) is 13.2 Å². The molecule has 1 aliphatic rings. The molecule has 0 atom stereocenters. The lowest BCUT2D eigenvalue weighted by Crippen LogP contribution is -2.09. The van der Waals surface area contributed by atoms with Crippen LogP contribution in [0.5, 0.6) is 11.5 Å². The zero-order valence-electron chi connectivity index (χ0n) is 30.0. The predicted octanol–water partition coefficient (Wildman–Crippen LogP) is 12.1. The van der Waals surface area contributed by atoms with E-state index in [1.165, 1.54) is 29.2 Å². The van der Waals surface area contributed by atoms with E-state index in [1.54, 1.807) is 12.1 Å². The van der Waals surface area contributed by atoms with Gasteiger partial charge in [0.1, 0.15) is 17.5 Å². The Hall–Kier alpha value is -6.27. The van der Waals surface area contributed by atoms with Crippen molar-refractivity contribution in [1.82, 2.24) is 4.57 Å². The largest absolute Gasteiger partial charge is 0.453 e. The van der Waals surface area contributed by atoms with Crippen molar-refractivity contribution in [2.24, 2.45) is 0 Å². The third-order valence-corrected chi connectivity index (χ3v) is 8.67. The van der Waals surface area contributed by atoms with Gasteiger partial charge in [-0.3, -0.25) is 0 Å². The van der Waals surface area contributed by atoms with Crippen LogP contribution in [0.2, 0.25) is 0 Å². The van der Waals surface area contributed by atoms with Crippen molar-refractivity contribution >= 4 is 38.9 Å². The summed E-state index contributed by atoms with van der Waals surface area (Å²) >= 11 is 0. The molecule has 0 aliphatic carbocycles. The number of hydrogen-bond acceptors (Lipinski definition) is 2. The molecule has 3 nitrogen and oxygen atoms in total. The Balaban J connectivity index is 1.20. The highest BCUT2D eigenvalue weighted by Gasteiger charge is 2.25. The number of aromatic nitrogens is 1. The van der Waals surface area contributed by atoms with E-state index in [4.69, 9.17) is 11.6 Å². The van der Waals surface area contributed by atoms with Crippen molar-refractivity contribution in [3.05, 3.63) is 169 Å². The normalized spacial score (nSPS) is 13.3. The molecular weight excluding hydrogens is 605 g/mol. The molecule has 6 heteroatoms. The van der Waals surface area contributed by atoms with Crippen LogP contribution in [0, 0.1) is 17.5 Å². The molecule has 0 saturated carbocycles. The first-order valence-electron chi connectivity index (χ1n) is 17.7. The summed E-state index contributed by atoms with van der Waals surface area (Å²) in [5.74, 6) is -1.67. The van der Waals surface area contributed by atoms with Crippen LogP contribution in [0.25, 0.3) is 49.7 Å². The van der Waals surface area contributed by atoms with Crippen LogP contribution in [-0.4, -0.2) is 4.57 Å². The van der Waals surface area contributed by atoms with Gasteiger partial charge in [-0.15, -0.1) is 0 Å². The molecule has 7 aromatic carbocycles. The summed E-state index contributed by atoms with van der Waals surface area (Å²) in [7, 11) is 0. The van der Waals surface area contributed by atoms with E-state index in [0.29, 0.717) is 23.5 Å². The quantitative estimate of drug-likeness (QED) is 0.187. The van der Waals surface area contributed by atoms with E-state index in [-0.39, 0.29) is 11.3 Å². The predicted molar refractivity (Wildman–Crippen MR) is 186 cm³/mol. The van der Waals surface area contributed by atoms with E-state index in [1.807, 2.05) is 60.7 Å². The average molecular weight is 636 g/mol. The lowest BCUT2D eigenvalue weighted by atomic mass is 9.99. The molecule has 0 saturated heterocycles. The fourth-order valence-electron chi connectivity index (χ4n) is 6.65. The van der Waals surface area contributed by atoms with Crippen LogP contribution in [0.15, 0.2) is 152 Å². The average Bonchev–Trinajstić information content (AvgIpc) is 3.51. The first-order valence-corrected chi connectivity index (χ1v) is 15.2. The lowest BCUT2D eigenvalue weighted by Gasteiger charge is -2.26. The minimum absolute atomic E-state index is 0.106. The van der Waals surface area contributed by atoms with Gasteiger partial charge in [-0.2, -0.15) is 0 Å². The number of halogens is 3. The molecule has 0 unspecified atom stereocenters. The number of anilines is 3. The lowest BCUT2D eigenvalue weighted by molar-refractivity contribution is 0.476. The molecule has 1 aliphatic heterocycles. The van der Waals surface area contributed by atoms with Crippen molar-refractivity contribution < 1.29 is 24.8 Å². The van der Waals surface area contributed by atoms with Crippen LogP contribution >= 0.6 is 0 Å². The van der Waals surface area contributed by atoms with E-state index >= 15 is 0 Å². The first kappa shape index (κ1) is 23.1. The summed E-state index contributed by atoms with van der Waals surface area (Å²) in [5, 5.41) is 2.04. The Kier molecular flexibility index (Phi) is 5.26. The summed E-state index contributed by atoms with van der Waals surface area (Å²) in [4.78, 5) is 1.51. The Morgan fingerprint density at radius 1 is 0.604 bits per heavy atom. The minimum Gasteiger partial charge on any atom is -0.453 e. The second-order valence-electron chi connectivity index (χ2n) is 11.4. The monoisotopic (exact) mass is 635 g/mol. The zero-order valence-corrected chi connectivity index (χ0v) is 25.0. The van der Waals surface area contributed by atoms with Crippen LogP contribution in [0.4, 0.5) is 30.2 Å². The van der Waals surface area contributed by atoms with Gasteiger partial charge in [-0.05, 0) is 77.3 Å². The maximum atomic E-state index is 14.7. The minimum atomic E-state index is -1.07. The number of rotatable bonds is 5. The van der Waals surface area contributed by atoms with Gasteiger partial charge in [0, 0.05) is 40.0 Å². The Labute approximate surface area is 281 Å². The van der Waals surface area contributed by atoms with Crippen LogP contribution < -0.4 is 9.64 Å². The standard InChI is InChI=1S/C42H25F3N2O/c43-28-24-34(44)40(35(45)25-28)27-18-22-31(23-19-27)46(29-8-2-1-3-9-29)30-20-16-26(17-21-30)32-10-6-13-37-41(32)33-11-7-15-39-42(33)47(37)36-12-4-5-14-38(36)48-39/h1-25H/i1D,2D,3D,8D,9D. The highest BCUT2D eigenvalue weighted by molar-refractivity contribution is 6.17. The van der Waals surface area contributed by atoms with E-state index in [2.05, 4.69) is 16.7 Å². The molecule has 0 N–H and O–H groups in total. The van der Waals surface area contributed by atoms with Gasteiger partial charge in [0.25, 0.3) is 0 Å². The van der Waals surface area contributed by atoms with Crippen molar-refractivity contribution in [3.8, 4) is 39.4 Å². The number of para-hydroxylation sites is 4. The Bertz CT molecular complexity index is 2750. The number of fused-ring (bicyclic) bond motifs is 5. The van der Waals surface area contributed by atoms with Crippen molar-refractivity contribution in [2.45, 2.75) is 0 Å². The molecule has 0 radical (unpaired) electrons. The molecular formula is C42H25F3N2O. The van der Waals surface area contributed by atoms with Gasteiger partial charge in [0.05, 0.1) is 29.1 Å². The summed E-state index contributed by atoms with van der Waals surface area (Å²) in [6, 6.07) is 32.1. The fraction of sp³-hybridized carbons (Fsp3) is 0. The Morgan fingerprint density at radius 2 is 1.25 bits per heavy atom. The molecule has 9 rings (SSSR count). The highest BCUT2D eigenvalue weighted by Crippen LogP contribution is 2.47. The van der Waals surface area contributed by atoms with E-state index in [0.717, 1.165) is 50.1 Å². The van der Waals surface area contributed by atoms with Crippen LogP contribution in [-0.2, 0) is 0 Å². The second-order valence-corrected chi connectivity index (χ2v) is 11.4. The SMILES string of the molecule is [2H]c1c([2H])c([2H])c(N(c2ccc(-c3c(F)cc(F)cc3F)cc2)c2ccc(-c3cccc4c3c3cccc5c3n4-c3ccccc3O5)cc2)c([2H])c1[2H]. The zero-order chi connectivity index (χ0) is 36.7. The number of benzene rings is 7. The van der Waals surface area contributed by atoms with Crippen molar-refractivity contribution in [3.63, 3.8) is 0 Å². The number of nitrogens with zero attached hydrogens (tertiary/aromatic N) is 2. The molecule has 230 valence electrons. The van der Waals surface area contributed by atoms with E-state index < -0.39 is 53.2 Å². The topological polar surface area (TPSA) is 17.4 Å². The fourth-order valence-corrected chi connectivity index (χ4v) is 6.65. The third-order valence-electron chi connectivity index (χ3n) is 8.67. The Morgan fingerprint density at radius 3 is 1.98 bits per heavy atom. The summed E-state index contributed by atoms with van der Waals surface area (Å²) < 4.78 is 94.0. The molecule has 0 bridgehead atoms. The molecule has 8 aromatic rings. The highest BCUT2D eigenvalue weighted by atomic mass is 19.1. The van der Waals surface area contributed by atoms with Gasteiger partial charge in [-0.25, -0.2) is 13.2 Å².